The fraction of sp³-hybridized carbons (Fsp3) is 0.462. The van der Waals surface area contributed by atoms with Crippen molar-refractivity contribution in [3.05, 3.63) is 35.4 Å². The number of carbonyl (C=O) groups is 1. The summed E-state index contributed by atoms with van der Waals surface area (Å²) in [5.74, 6) is -3.07. The summed E-state index contributed by atoms with van der Waals surface area (Å²) in [7, 11) is 1.66. The fourth-order valence-corrected chi connectivity index (χ4v) is 1.80. The Bertz CT molecular complexity index is 423. The molecule has 1 rings (SSSR count). The first kappa shape index (κ1) is 14.6. The van der Waals surface area contributed by atoms with Crippen molar-refractivity contribution in [1.29, 1.82) is 0 Å². The minimum Gasteiger partial charge on any atom is -0.480 e. The first-order valence-corrected chi connectivity index (χ1v) is 5.85. The summed E-state index contributed by atoms with van der Waals surface area (Å²) in [4.78, 5) is 12.9. The van der Waals surface area contributed by atoms with Crippen molar-refractivity contribution in [2.75, 3.05) is 13.6 Å². The van der Waals surface area contributed by atoms with E-state index in [4.69, 9.17) is 0 Å². The van der Waals surface area contributed by atoms with Crippen LogP contribution in [0.25, 0.3) is 0 Å². The number of likely N-dealkylation sites (N-methyl/N-ethyl adjacent to an activating group) is 1. The molecule has 0 spiro atoms. The number of aliphatic carboxylic acids is 1. The normalized spacial score (nSPS) is 12.7. The highest BCUT2D eigenvalue weighted by Gasteiger charge is 2.25. The second kappa shape index (κ2) is 6.44. The van der Waals surface area contributed by atoms with E-state index in [2.05, 4.69) is 0 Å². The van der Waals surface area contributed by atoms with Gasteiger partial charge in [0.05, 0.1) is 0 Å². The van der Waals surface area contributed by atoms with Crippen LogP contribution in [0.2, 0.25) is 0 Å². The van der Waals surface area contributed by atoms with Crippen molar-refractivity contribution in [3.63, 3.8) is 0 Å². The maximum absolute atomic E-state index is 13.1. The number of hydrogen-bond donors (Lipinski definition) is 1. The Kier molecular flexibility index (Phi) is 5.22. The van der Waals surface area contributed by atoms with Gasteiger partial charge in [0.15, 0.2) is 11.6 Å². The highest BCUT2D eigenvalue weighted by molar-refractivity contribution is 5.75. The van der Waals surface area contributed by atoms with Crippen LogP contribution in [-0.4, -0.2) is 29.6 Å². The summed E-state index contributed by atoms with van der Waals surface area (Å²) < 4.78 is 26.0. The van der Waals surface area contributed by atoms with E-state index in [-0.39, 0.29) is 5.56 Å². The third kappa shape index (κ3) is 3.50. The predicted molar refractivity (Wildman–Crippen MR) is 64.3 cm³/mol. The molecule has 0 aliphatic heterocycles. The van der Waals surface area contributed by atoms with E-state index >= 15 is 0 Å². The largest absolute Gasteiger partial charge is 0.480 e. The van der Waals surface area contributed by atoms with Gasteiger partial charge in [-0.2, -0.15) is 0 Å². The summed E-state index contributed by atoms with van der Waals surface area (Å²) in [5.41, 5.74) is 0.250. The van der Waals surface area contributed by atoms with Crippen LogP contribution < -0.4 is 0 Å². The smallest absolute Gasteiger partial charge is 0.325 e. The number of benzene rings is 1. The zero-order chi connectivity index (χ0) is 13.7. The van der Waals surface area contributed by atoms with Crippen LogP contribution in [0.5, 0.6) is 0 Å². The lowest BCUT2D eigenvalue weighted by Gasteiger charge is -2.24. The Morgan fingerprint density at radius 2 is 2.06 bits per heavy atom. The first-order valence-electron chi connectivity index (χ1n) is 5.85. The summed E-state index contributed by atoms with van der Waals surface area (Å²) in [6.07, 6.45) is 1.79. The predicted octanol–water partition coefficient (Wildman–Crippen LogP) is 2.82. The van der Waals surface area contributed by atoms with Gasteiger partial charge in [0.25, 0.3) is 0 Å². The molecule has 100 valence electrons. The van der Waals surface area contributed by atoms with Crippen LogP contribution >= 0.6 is 0 Å². The Morgan fingerprint density at radius 1 is 1.39 bits per heavy atom. The maximum atomic E-state index is 13.1. The Balaban J connectivity index is 2.97. The van der Waals surface area contributed by atoms with Crippen LogP contribution in [0.4, 0.5) is 8.78 Å². The molecule has 0 aromatic heterocycles. The van der Waals surface area contributed by atoms with Gasteiger partial charge in [0, 0.05) is 0 Å². The topological polar surface area (TPSA) is 40.5 Å². The quantitative estimate of drug-likeness (QED) is 0.852. The molecule has 18 heavy (non-hydrogen) atoms. The Hall–Kier alpha value is -1.49. The van der Waals surface area contributed by atoms with Crippen molar-refractivity contribution in [2.45, 2.75) is 25.8 Å². The van der Waals surface area contributed by atoms with Gasteiger partial charge < -0.3 is 5.11 Å². The molecule has 5 heteroatoms. The third-order valence-electron chi connectivity index (χ3n) is 2.80. The number of carboxylic acids is 1. The number of unbranched alkanes of at least 4 members (excludes halogenated alkanes) is 1. The molecular formula is C13H17F2NO2. The molecule has 1 aromatic rings. The molecule has 3 nitrogen and oxygen atoms in total. The van der Waals surface area contributed by atoms with Crippen LogP contribution in [-0.2, 0) is 4.79 Å². The van der Waals surface area contributed by atoms with Crippen molar-refractivity contribution in [3.8, 4) is 0 Å². The molecule has 0 aliphatic rings. The maximum Gasteiger partial charge on any atom is 0.325 e. The number of hydrogen-bond acceptors (Lipinski definition) is 2. The lowest BCUT2D eigenvalue weighted by atomic mass is 10.1. The van der Waals surface area contributed by atoms with Crippen molar-refractivity contribution >= 4 is 5.97 Å². The van der Waals surface area contributed by atoms with Gasteiger partial charge in [-0.1, -0.05) is 19.4 Å². The highest BCUT2D eigenvalue weighted by atomic mass is 19.2. The van der Waals surface area contributed by atoms with Gasteiger partial charge in [-0.15, -0.1) is 0 Å². The molecule has 0 bridgehead atoms. The van der Waals surface area contributed by atoms with E-state index in [0.717, 1.165) is 25.0 Å². The van der Waals surface area contributed by atoms with Gasteiger partial charge in [-0.25, -0.2) is 8.78 Å². The van der Waals surface area contributed by atoms with Crippen LogP contribution in [0, 0.1) is 11.6 Å². The zero-order valence-corrected chi connectivity index (χ0v) is 10.5. The molecular weight excluding hydrogens is 240 g/mol. The number of halogens is 2. The Morgan fingerprint density at radius 3 is 2.56 bits per heavy atom. The number of nitrogens with zero attached hydrogens (tertiary/aromatic N) is 1. The monoisotopic (exact) mass is 257 g/mol. The lowest BCUT2D eigenvalue weighted by Crippen LogP contribution is -2.31. The Labute approximate surface area is 105 Å². The number of carboxylic acid groups (broad SMARTS) is 1. The van der Waals surface area contributed by atoms with Crippen LogP contribution in [0.1, 0.15) is 31.4 Å². The fourth-order valence-electron chi connectivity index (χ4n) is 1.80. The molecule has 0 aliphatic carbocycles. The van der Waals surface area contributed by atoms with Gasteiger partial charge in [0.2, 0.25) is 0 Å². The third-order valence-corrected chi connectivity index (χ3v) is 2.80. The van der Waals surface area contributed by atoms with E-state index in [0.29, 0.717) is 6.54 Å². The SMILES string of the molecule is CCCCN(C)C(C(=O)O)c1ccc(F)c(F)c1. The second-order valence-electron chi connectivity index (χ2n) is 4.25. The summed E-state index contributed by atoms with van der Waals surface area (Å²) in [6, 6.07) is 2.25. The average Bonchev–Trinajstić information content (AvgIpc) is 2.31. The molecule has 0 saturated carbocycles. The zero-order valence-electron chi connectivity index (χ0n) is 10.5. The second-order valence-corrected chi connectivity index (χ2v) is 4.25. The molecule has 1 unspecified atom stereocenters. The first-order chi connectivity index (χ1) is 8.47. The van der Waals surface area contributed by atoms with Gasteiger partial charge >= 0.3 is 5.97 Å². The molecule has 0 heterocycles. The standard InChI is InChI=1S/C13H17F2NO2/c1-3-4-7-16(2)12(13(17)18)9-5-6-10(14)11(15)8-9/h5-6,8,12H,3-4,7H2,1-2H3,(H,17,18). The minimum atomic E-state index is -1.07. The van der Waals surface area contributed by atoms with Crippen molar-refractivity contribution in [2.24, 2.45) is 0 Å². The summed E-state index contributed by atoms with van der Waals surface area (Å²) in [5, 5.41) is 9.20. The van der Waals surface area contributed by atoms with Gasteiger partial charge in [-0.05, 0) is 37.7 Å². The highest BCUT2D eigenvalue weighted by Crippen LogP contribution is 2.22. The molecule has 0 amide bonds. The molecule has 1 N–H and O–H groups in total. The molecule has 0 saturated heterocycles. The molecule has 1 aromatic carbocycles. The summed E-state index contributed by atoms with van der Waals surface area (Å²) in [6.45, 7) is 2.59. The molecule has 0 radical (unpaired) electrons. The van der Waals surface area contributed by atoms with Crippen molar-refractivity contribution in [1.82, 2.24) is 4.90 Å². The van der Waals surface area contributed by atoms with E-state index in [1.165, 1.54) is 6.07 Å². The van der Waals surface area contributed by atoms with E-state index < -0.39 is 23.6 Å². The van der Waals surface area contributed by atoms with Crippen molar-refractivity contribution < 1.29 is 18.7 Å². The molecule has 1 atom stereocenters. The van der Waals surface area contributed by atoms with E-state index in [1.54, 1.807) is 11.9 Å². The van der Waals surface area contributed by atoms with E-state index in [9.17, 15) is 18.7 Å². The molecule has 0 fully saturated rings. The van der Waals surface area contributed by atoms with E-state index in [1.807, 2.05) is 6.92 Å². The van der Waals surface area contributed by atoms with Gasteiger partial charge in [-0.3, -0.25) is 9.69 Å². The lowest BCUT2D eigenvalue weighted by molar-refractivity contribution is -0.143. The van der Waals surface area contributed by atoms with Gasteiger partial charge in [0.1, 0.15) is 6.04 Å². The van der Waals surface area contributed by atoms with Crippen LogP contribution in [0.15, 0.2) is 18.2 Å². The summed E-state index contributed by atoms with van der Waals surface area (Å²) >= 11 is 0. The van der Waals surface area contributed by atoms with Crippen LogP contribution in [0.3, 0.4) is 0 Å². The number of rotatable bonds is 6. The average molecular weight is 257 g/mol. The minimum absolute atomic E-state index is 0.250.